The Hall–Kier alpha value is -3.42. The lowest BCUT2D eigenvalue weighted by Crippen LogP contribution is -2.34. The molecule has 2 aliphatic carbocycles. The number of benzene rings is 2. The standard InChI is InChI=1S/C23H17F3N2O3/c24-23(25,26)15-6-2-3-7-16(15)27-20(29)14-5-1-4-8-17(14)28-21(30)18-12-9-10-13(11-12)19(18)22(28)31/h1-10,12-13,18-19H,11H2,(H,27,29)/t12-,13-,18-,19+/m0/s1. The summed E-state index contributed by atoms with van der Waals surface area (Å²) in [6, 6.07) is 10.6. The zero-order chi connectivity index (χ0) is 21.9. The Morgan fingerprint density at radius 3 is 2.13 bits per heavy atom. The van der Waals surface area contributed by atoms with Crippen molar-refractivity contribution in [2.45, 2.75) is 12.6 Å². The van der Waals surface area contributed by atoms with Crippen LogP contribution in [0.4, 0.5) is 24.5 Å². The summed E-state index contributed by atoms with van der Waals surface area (Å²) in [5.74, 6) is -2.40. The number of carbonyl (C=O) groups excluding carboxylic acids is 3. The Morgan fingerprint density at radius 1 is 0.903 bits per heavy atom. The number of rotatable bonds is 3. The molecule has 5 rings (SSSR count). The molecule has 158 valence electrons. The smallest absolute Gasteiger partial charge is 0.321 e. The molecule has 0 spiro atoms. The van der Waals surface area contributed by atoms with Crippen LogP contribution in [0.25, 0.3) is 0 Å². The number of allylic oxidation sites excluding steroid dienone is 2. The van der Waals surface area contributed by atoms with Crippen LogP contribution < -0.4 is 10.2 Å². The fraction of sp³-hybridized carbons (Fsp3) is 0.261. The molecule has 2 bridgehead atoms. The van der Waals surface area contributed by atoms with Gasteiger partial charge in [0.05, 0.1) is 34.3 Å². The molecule has 4 atom stereocenters. The predicted molar refractivity (Wildman–Crippen MR) is 106 cm³/mol. The van der Waals surface area contributed by atoms with E-state index in [0.717, 1.165) is 23.5 Å². The Bertz CT molecular complexity index is 1110. The molecule has 8 heteroatoms. The number of imide groups is 1. The number of fused-ring (bicyclic) bond motifs is 5. The lowest BCUT2D eigenvalue weighted by molar-refractivity contribution is -0.137. The topological polar surface area (TPSA) is 66.5 Å². The van der Waals surface area contributed by atoms with Gasteiger partial charge in [0, 0.05) is 0 Å². The Morgan fingerprint density at radius 2 is 1.48 bits per heavy atom. The molecule has 1 aliphatic heterocycles. The number of para-hydroxylation sites is 2. The third-order valence-electron chi connectivity index (χ3n) is 6.34. The molecular weight excluding hydrogens is 409 g/mol. The number of anilines is 2. The molecule has 2 fully saturated rings. The van der Waals surface area contributed by atoms with Gasteiger partial charge in [-0.1, -0.05) is 36.4 Å². The fourth-order valence-electron chi connectivity index (χ4n) is 5.03. The normalized spacial score (nSPS) is 26.5. The molecule has 3 amide bonds. The molecule has 1 heterocycles. The zero-order valence-corrected chi connectivity index (χ0v) is 16.1. The highest BCUT2D eigenvalue weighted by molar-refractivity contribution is 6.25. The number of nitrogens with zero attached hydrogens (tertiary/aromatic N) is 1. The highest BCUT2D eigenvalue weighted by atomic mass is 19.4. The summed E-state index contributed by atoms with van der Waals surface area (Å²) in [6.07, 6.45) is 0.0609. The van der Waals surface area contributed by atoms with Gasteiger partial charge in [-0.05, 0) is 42.5 Å². The number of hydrogen-bond acceptors (Lipinski definition) is 3. The van der Waals surface area contributed by atoms with Crippen molar-refractivity contribution in [3.05, 3.63) is 71.8 Å². The maximum absolute atomic E-state index is 13.3. The first-order valence-corrected chi connectivity index (χ1v) is 9.90. The van der Waals surface area contributed by atoms with E-state index in [1.807, 2.05) is 12.2 Å². The van der Waals surface area contributed by atoms with Gasteiger partial charge in [0.2, 0.25) is 11.8 Å². The molecule has 2 aromatic rings. The van der Waals surface area contributed by atoms with Crippen LogP contribution >= 0.6 is 0 Å². The second-order valence-electron chi connectivity index (χ2n) is 8.03. The van der Waals surface area contributed by atoms with Crippen LogP contribution in [-0.4, -0.2) is 17.7 Å². The van der Waals surface area contributed by atoms with Crippen molar-refractivity contribution in [2.24, 2.45) is 23.7 Å². The van der Waals surface area contributed by atoms with Gasteiger partial charge < -0.3 is 5.32 Å². The Balaban J connectivity index is 1.48. The second kappa shape index (κ2) is 6.80. The Kier molecular flexibility index (Phi) is 4.28. The molecule has 2 aromatic carbocycles. The van der Waals surface area contributed by atoms with E-state index in [2.05, 4.69) is 5.32 Å². The summed E-state index contributed by atoms with van der Waals surface area (Å²) >= 11 is 0. The molecule has 31 heavy (non-hydrogen) atoms. The summed E-state index contributed by atoms with van der Waals surface area (Å²) in [5, 5.41) is 2.29. The minimum atomic E-state index is -4.64. The number of hydrogen-bond donors (Lipinski definition) is 1. The van der Waals surface area contributed by atoms with Crippen LogP contribution in [0.15, 0.2) is 60.7 Å². The average molecular weight is 426 g/mol. The van der Waals surface area contributed by atoms with E-state index in [4.69, 9.17) is 0 Å². The minimum absolute atomic E-state index is 0.0103. The maximum atomic E-state index is 13.3. The average Bonchev–Trinajstić information content (AvgIpc) is 3.41. The van der Waals surface area contributed by atoms with Crippen LogP contribution in [0.3, 0.4) is 0 Å². The van der Waals surface area contributed by atoms with Gasteiger partial charge in [0.25, 0.3) is 5.91 Å². The van der Waals surface area contributed by atoms with Crippen molar-refractivity contribution in [1.29, 1.82) is 0 Å². The molecule has 3 aliphatic rings. The maximum Gasteiger partial charge on any atom is 0.418 e. The molecule has 0 unspecified atom stereocenters. The number of alkyl halides is 3. The number of halogens is 3. The van der Waals surface area contributed by atoms with E-state index in [-0.39, 0.29) is 34.9 Å². The van der Waals surface area contributed by atoms with Crippen molar-refractivity contribution in [1.82, 2.24) is 0 Å². The largest absolute Gasteiger partial charge is 0.418 e. The van der Waals surface area contributed by atoms with Gasteiger partial charge in [0.1, 0.15) is 0 Å². The lowest BCUT2D eigenvalue weighted by Gasteiger charge is -2.21. The highest BCUT2D eigenvalue weighted by Crippen LogP contribution is 2.53. The van der Waals surface area contributed by atoms with Crippen LogP contribution in [0, 0.1) is 23.7 Å². The molecule has 1 N–H and O–H groups in total. The summed E-state index contributed by atoms with van der Waals surface area (Å²) in [7, 11) is 0. The summed E-state index contributed by atoms with van der Waals surface area (Å²) < 4.78 is 39.9. The van der Waals surface area contributed by atoms with Gasteiger partial charge in [0.15, 0.2) is 0 Å². The summed E-state index contributed by atoms with van der Waals surface area (Å²) in [4.78, 5) is 40.2. The third-order valence-corrected chi connectivity index (χ3v) is 6.34. The molecule has 1 saturated heterocycles. The first-order chi connectivity index (χ1) is 14.8. The van der Waals surface area contributed by atoms with Crippen molar-refractivity contribution in [2.75, 3.05) is 10.2 Å². The first-order valence-electron chi connectivity index (χ1n) is 9.90. The quantitative estimate of drug-likeness (QED) is 0.589. The van der Waals surface area contributed by atoms with Gasteiger partial charge in [-0.3, -0.25) is 14.4 Å². The number of carbonyl (C=O) groups is 3. The number of amides is 3. The van der Waals surface area contributed by atoms with Gasteiger partial charge in [-0.25, -0.2) is 4.90 Å². The van der Waals surface area contributed by atoms with Crippen LogP contribution in [0.5, 0.6) is 0 Å². The monoisotopic (exact) mass is 426 g/mol. The van der Waals surface area contributed by atoms with E-state index in [0.29, 0.717) is 0 Å². The molecular formula is C23H17F3N2O3. The van der Waals surface area contributed by atoms with Crippen LogP contribution in [0.1, 0.15) is 22.3 Å². The Labute approximate surface area is 175 Å². The minimum Gasteiger partial charge on any atom is -0.321 e. The second-order valence-corrected chi connectivity index (χ2v) is 8.03. The molecule has 1 saturated carbocycles. The summed E-state index contributed by atoms with van der Waals surface area (Å²) in [6.45, 7) is 0. The molecule has 5 nitrogen and oxygen atoms in total. The van der Waals surface area contributed by atoms with Gasteiger partial charge in [-0.15, -0.1) is 0 Å². The van der Waals surface area contributed by atoms with Crippen molar-refractivity contribution >= 4 is 29.1 Å². The van der Waals surface area contributed by atoms with E-state index in [1.54, 1.807) is 6.07 Å². The van der Waals surface area contributed by atoms with Crippen molar-refractivity contribution in [3.8, 4) is 0 Å². The molecule has 0 radical (unpaired) electrons. The first kappa shape index (κ1) is 19.5. The van der Waals surface area contributed by atoms with E-state index in [1.165, 1.54) is 30.3 Å². The predicted octanol–water partition coefficient (Wildman–Crippen LogP) is 4.27. The van der Waals surface area contributed by atoms with E-state index in [9.17, 15) is 27.6 Å². The van der Waals surface area contributed by atoms with Crippen LogP contribution in [-0.2, 0) is 15.8 Å². The van der Waals surface area contributed by atoms with E-state index < -0.39 is 35.2 Å². The van der Waals surface area contributed by atoms with Gasteiger partial charge in [-0.2, -0.15) is 13.2 Å². The van der Waals surface area contributed by atoms with Gasteiger partial charge >= 0.3 is 6.18 Å². The SMILES string of the molecule is O=C(Nc1ccccc1C(F)(F)F)c1ccccc1N1C(=O)[C@@H]2[C@H](C1=O)[C@H]1C=C[C@H]2C1. The fourth-order valence-corrected chi connectivity index (χ4v) is 5.03. The van der Waals surface area contributed by atoms with Crippen molar-refractivity contribution in [3.63, 3.8) is 0 Å². The van der Waals surface area contributed by atoms with E-state index >= 15 is 0 Å². The summed E-state index contributed by atoms with van der Waals surface area (Å²) in [5.41, 5.74) is -1.32. The third kappa shape index (κ3) is 2.97. The van der Waals surface area contributed by atoms with Crippen molar-refractivity contribution < 1.29 is 27.6 Å². The lowest BCUT2D eigenvalue weighted by atomic mass is 9.85. The highest BCUT2D eigenvalue weighted by Gasteiger charge is 2.59. The van der Waals surface area contributed by atoms with Crippen LogP contribution in [0.2, 0.25) is 0 Å². The number of nitrogens with one attached hydrogen (secondary N) is 1. The zero-order valence-electron chi connectivity index (χ0n) is 16.1. The molecule has 0 aromatic heterocycles.